The molecule has 1 aromatic rings. The third kappa shape index (κ3) is 5.90. The number of nitrogens with one attached hydrogen (secondary N) is 1. The summed E-state index contributed by atoms with van der Waals surface area (Å²) in [5, 5.41) is 3.02. The fraction of sp³-hybridized carbons (Fsp3) is 0.529. The number of hydrogen-bond donors (Lipinski definition) is 2. The van der Waals surface area contributed by atoms with E-state index >= 15 is 0 Å². The molecule has 0 saturated carbocycles. The maximum atomic E-state index is 12.0. The Morgan fingerprint density at radius 3 is 2.74 bits per heavy atom. The molecule has 0 bridgehead atoms. The lowest BCUT2D eigenvalue weighted by Crippen LogP contribution is -2.48. The minimum atomic E-state index is -0.369. The molecule has 0 unspecified atom stereocenters. The summed E-state index contributed by atoms with van der Waals surface area (Å²) in [6.45, 7) is 5.16. The van der Waals surface area contributed by atoms with Crippen LogP contribution in [0, 0.1) is 0 Å². The summed E-state index contributed by atoms with van der Waals surface area (Å²) in [5.74, 6) is 0.132. The average molecular weight is 319 g/mol. The van der Waals surface area contributed by atoms with Gasteiger partial charge in [0.1, 0.15) is 5.75 Å². The van der Waals surface area contributed by atoms with Gasteiger partial charge < -0.3 is 20.7 Å². The zero-order valence-electron chi connectivity index (χ0n) is 13.6. The van der Waals surface area contributed by atoms with E-state index in [0.29, 0.717) is 5.75 Å². The molecule has 1 aromatic carbocycles. The lowest BCUT2D eigenvalue weighted by molar-refractivity contribution is -0.124. The van der Waals surface area contributed by atoms with Gasteiger partial charge in [-0.25, -0.2) is 0 Å². The highest BCUT2D eigenvalue weighted by atomic mass is 16.5. The van der Waals surface area contributed by atoms with Crippen molar-refractivity contribution in [2.75, 3.05) is 26.2 Å². The fourth-order valence-corrected chi connectivity index (χ4v) is 2.78. The smallest absolute Gasteiger partial charge is 0.258 e. The molecule has 1 aliphatic rings. The topological polar surface area (TPSA) is 84.7 Å². The van der Waals surface area contributed by atoms with E-state index in [2.05, 4.69) is 17.1 Å². The van der Waals surface area contributed by atoms with Crippen molar-refractivity contribution in [1.82, 2.24) is 10.2 Å². The minimum absolute atomic E-state index is 0.00219. The molecule has 1 fully saturated rings. The third-order valence-corrected chi connectivity index (χ3v) is 3.99. The lowest BCUT2D eigenvalue weighted by atomic mass is 10.1. The van der Waals surface area contributed by atoms with Gasteiger partial charge in [-0.05, 0) is 43.6 Å². The minimum Gasteiger partial charge on any atom is -0.484 e. The van der Waals surface area contributed by atoms with E-state index < -0.39 is 0 Å². The van der Waals surface area contributed by atoms with Crippen molar-refractivity contribution >= 4 is 11.8 Å². The summed E-state index contributed by atoms with van der Waals surface area (Å²) in [6.07, 6.45) is 2.33. The van der Waals surface area contributed by atoms with Crippen LogP contribution in [0.1, 0.15) is 25.3 Å². The third-order valence-electron chi connectivity index (χ3n) is 3.99. The predicted octanol–water partition coefficient (Wildman–Crippen LogP) is 0.694. The molecule has 1 atom stereocenters. The highest BCUT2D eigenvalue weighted by Crippen LogP contribution is 2.13. The van der Waals surface area contributed by atoms with E-state index in [1.165, 1.54) is 0 Å². The SMILES string of the molecule is CCN1CCC[C@H](NC(=O)COc2ccc(CC(N)=O)cc2)C1. The van der Waals surface area contributed by atoms with Crippen LogP contribution >= 0.6 is 0 Å². The number of hydrogen-bond acceptors (Lipinski definition) is 4. The molecular weight excluding hydrogens is 294 g/mol. The van der Waals surface area contributed by atoms with Crippen LogP contribution in [0.4, 0.5) is 0 Å². The standard InChI is InChI=1S/C17H25N3O3/c1-2-20-9-3-4-14(11-20)19-17(22)12-23-15-7-5-13(6-8-15)10-16(18)21/h5-8,14H,2-4,9-12H2,1H3,(H2,18,21)(H,19,22)/t14-/m0/s1. The Morgan fingerprint density at radius 2 is 2.09 bits per heavy atom. The van der Waals surface area contributed by atoms with Gasteiger partial charge in [0.05, 0.1) is 6.42 Å². The number of carbonyl (C=O) groups excluding carboxylic acids is 2. The van der Waals surface area contributed by atoms with Crippen LogP contribution in [0.25, 0.3) is 0 Å². The van der Waals surface area contributed by atoms with E-state index in [4.69, 9.17) is 10.5 Å². The maximum Gasteiger partial charge on any atom is 0.258 e. The Morgan fingerprint density at radius 1 is 1.35 bits per heavy atom. The molecule has 23 heavy (non-hydrogen) atoms. The molecule has 0 spiro atoms. The first-order chi connectivity index (χ1) is 11.1. The number of benzene rings is 1. The zero-order valence-corrected chi connectivity index (χ0v) is 13.6. The molecule has 0 radical (unpaired) electrons. The Bertz CT molecular complexity index is 530. The van der Waals surface area contributed by atoms with Crippen molar-refractivity contribution in [3.8, 4) is 5.75 Å². The summed E-state index contributed by atoms with van der Waals surface area (Å²) in [5.41, 5.74) is 5.97. The molecule has 126 valence electrons. The molecule has 1 heterocycles. The number of primary amides is 1. The van der Waals surface area contributed by atoms with Gasteiger partial charge in [-0.1, -0.05) is 19.1 Å². The number of rotatable bonds is 7. The van der Waals surface area contributed by atoms with Gasteiger partial charge in [-0.15, -0.1) is 0 Å². The van der Waals surface area contributed by atoms with Gasteiger partial charge in [-0.3, -0.25) is 9.59 Å². The Labute approximate surface area is 137 Å². The summed E-state index contributed by atoms with van der Waals surface area (Å²) in [4.78, 5) is 25.2. The summed E-state index contributed by atoms with van der Waals surface area (Å²) in [7, 11) is 0. The normalized spacial score (nSPS) is 18.4. The first-order valence-electron chi connectivity index (χ1n) is 8.08. The molecule has 0 aromatic heterocycles. The van der Waals surface area contributed by atoms with Crippen molar-refractivity contribution in [1.29, 1.82) is 0 Å². The van der Waals surface area contributed by atoms with Gasteiger partial charge in [-0.2, -0.15) is 0 Å². The molecular formula is C17H25N3O3. The van der Waals surface area contributed by atoms with Gasteiger partial charge in [0, 0.05) is 12.6 Å². The predicted molar refractivity (Wildman–Crippen MR) is 88.1 cm³/mol. The molecule has 2 rings (SSSR count). The molecule has 1 aliphatic heterocycles. The van der Waals surface area contributed by atoms with E-state index in [9.17, 15) is 9.59 Å². The van der Waals surface area contributed by atoms with Crippen LogP contribution in [0.3, 0.4) is 0 Å². The first kappa shape index (κ1) is 17.3. The number of likely N-dealkylation sites (tertiary alicyclic amines) is 1. The van der Waals surface area contributed by atoms with Crippen molar-refractivity contribution in [2.24, 2.45) is 5.73 Å². The number of amides is 2. The molecule has 3 N–H and O–H groups in total. The van der Waals surface area contributed by atoms with Crippen LogP contribution in [0.5, 0.6) is 5.75 Å². The van der Waals surface area contributed by atoms with E-state index in [0.717, 1.165) is 38.0 Å². The first-order valence-corrected chi connectivity index (χ1v) is 8.08. The number of nitrogens with two attached hydrogens (primary N) is 1. The maximum absolute atomic E-state index is 12.0. The fourth-order valence-electron chi connectivity index (χ4n) is 2.78. The Kier molecular flexibility index (Phi) is 6.40. The lowest BCUT2D eigenvalue weighted by Gasteiger charge is -2.32. The Hall–Kier alpha value is -2.08. The number of piperidine rings is 1. The summed E-state index contributed by atoms with van der Waals surface area (Å²) >= 11 is 0. The van der Waals surface area contributed by atoms with E-state index in [1.54, 1.807) is 24.3 Å². The van der Waals surface area contributed by atoms with Gasteiger partial charge in [0.2, 0.25) is 5.91 Å². The number of ether oxygens (including phenoxy) is 1. The number of likely N-dealkylation sites (N-methyl/N-ethyl adjacent to an activating group) is 1. The highest BCUT2D eigenvalue weighted by Gasteiger charge is 2.20. The van der Waals surface area contributed by atoms with Crippen molar-refractivity contribution in [2.45, 2.75) is 32.2 Å². The molecule has 6 nitrogen and oxygen atoms in total. The average Bonchev–Trinajstić information content (AvgIpc) is 2.54. The highest BCUT2D eigenvalue weighted by molar-refractivity contribution is 5.78. The monoisotopic (exact) mass is 319 g/mol. The van der Waals surface area contributed by atoms with Crippen LogP contribution in [-0.4, -0.2) is 49.0 Å². The van der Waals surface area contributed by atoms with Crippen LogP contribution in [0.2, 0.25) is 0 Å². The number of carbonyl (C=O) groups is 2. The van der Waals surface area contributed by atoms with Gasteiger partial charge in [0.15, 0.2) is 6.61 Å². The summed E-state index contributed by atoms with van der Waals surface area (Å²) in [6, 6.07) is 7.24. The molecule has 1 saturated heterocycles. The molecule has 6 heteroatoms. The van der Waals surface area contributed by atoms with Crippen LogP contribution in [0.15, 0.2) is 24.3 Å². The Balaban J connectivity index is 1.74. The quantitative estimate of drug-likeness (QED) is 0.774. The molecule has 2 amide bonds. The van der Waals surface area contributed by atoms with Crippen LogP contribution < -0.4 is 15.8 Å². The largest absolute Gasteiger partial charge is 0.484 e. The van der Waals surface area contributed by atoms with Crippen LogP contribution in [-0.2, 0) is 16.0 Å². The summed E-state index contributed by atoms with van der Waals surface area (Å²) < 4.78 is 5.48. The van der Waals surface area contributed by atoms with Crippen molar-refractivity contribution in [3.05, 3.63) is 29.8 Å². The second-order valence-corrected chi connectivity index (χ2v) is 5.88. The second kappa shape index (κ2) is 8.53. The van der Waals surface area contributed by atoms with Gasteiger partial charge >= 0.3 is 0 Å². The van der Waals surface area contributed by atoms with Gasteiger partial charge in [0.25, 0.3) is 5.91 Å². The van der Waals surface area contributed by atoms with Crippen molar-refractivity contribution in [3.63, 3.8) is 0 Å². The molecule has 0 aliphatic carbocycles. The number of nitrogens with zero attached hydrogens (tertiary/aromatic N) is 1. The van der Waals surface area contributed by atoms with E-state index in [1.807, 2.05) is 0 Å². The van der Waals surface area contributed by atoms with Crippen molar-refractivity contribution < 1.29 is 14.3 Å². The second-order valence-electron chi connectivity index (χ2n) is 5.88. The van der Waals surface area contributed by atoms with E-state index in [-0.39, 0.29) is 30.9 Å². The zero-order chi connectivity index (χ0) is 16.7.